The molecule has 0 fully saturated rings. The van der Waals surface area contributed by atoms with Gasteiger partial charge in [-0.2, -0.15) is 0 Å². The number of nitrogens with zero attached hydrogens (tertiary/aromatic N) is 2. The maximum absolute atomic E-state index is 13.5. The molecule has 0 radical (unpaired) electrons. The fourth-order valence-corrected chi connectivity index (χ4v) is 4.07. The van der Waals surface area contributed by atoms with Crippen LogP contribution in [0, 0.1) is 5.82 Å². The molecule has 0 aliphatic rings. The van der Waals surface area contributed by atoms with Crippen molar-refractivity contribution in [2.24, 2.45) is 0 Å². The molecule has 1 atom stereocenters. The van der Waals surface area contributed by atoms with Crippen LogP contribution in [-0.2, 0) is 11.2 Å². The normalized spacial score (nSPS) is 11.6. The molecule has 0 aliphatic carbocycles. The Balaban J connectivity index is 1.52. The number of carbonyl (C=O) groups excluding carboxylic acids is 2. The lowest BCUT2D eigenvalue weighted by Crippen LogP contribution is -2.45. The van der Waals surface area contributed by atoms with Gasteiger partial charge in [0.15, 0.2) is 0 Å². The number of halogens is 2. The van der Waals surface area contributed by atoms with Crippen molar-refractivity contribution < 1.29 is 14.0 Å². The summed E-state index contributed by atoms with van der Waals surface area (Å²) in [5.74, 6) is -1.55. The molecule has 3 aromatic carbocycles. The monoisotopic (exact) mass is 480 g/mol. The van der Waals surface area contributed by atoms with Gasteiger partial charge in [0.25, 0.3) is 5.91 Å². The lowest BCUT2D eigenvalue weighted by Gasteiger charge is -2.18. The average Bonchev–Trinajstić information content (AvgIpc) is 3.28. The second-order valence-electron chi connectivity index (χ2n) is 7.14. The maximum atomic E-state index is 13.5. The van der Waals surface area contributed by atoms with E-state index in [1.165, 1.54) is 29.5 Å². The van der Waals surface area contributed by atoms with E-state index in [2.05, 4.69) is 20.8 Å². The van der Waals surface area contributed by atoms with E-state index >= 15 is 0 Å². The van der Waals surface area contributed by atoms with Crippen LogP contribution in [0.25, 0.3) is 10.6 Å². The summed E-state index contributed by atoms with van der Waals surface area (Å²) in [6.45, 7) is 0. The Labute approximate surface area is 198 Å². The van der Waals surface area contributed by atoms with Crippen LogP contribution in [0.3, 0.4) is 0 Å². The van der Waals surface area contributed by atoms with Crippen molar-refractivity contribution in [3.8, 4) is 10.6 Å². The van der Waals surface area contributed by atoms with E-state index in [-0.39, 0.29) is 17.1 Å². The topological polar surface area (TPSA) is 84.0 Å². The number of carbonyl (C=O) groups is 2. The number of nitrogens with one attached hydrogen (secondary N) is 2. The van der Waals surface area contributed by atoms with Crippen molar-refractivity contribution >= 4 is 39.9 Å². The predicted octanol–water partition coefficient (Wildman–Crippen LogP) is 4.98. The summed E-state index contributed by atoms with van der Waals surface area (Å²) in [5.41, 5.74) is 1.76. The van der Waals surface area contributed by atoms with Gasteiger partial charge in [0, 0.05) is 22.6 Å². The highest BCUT2D eigenvalue weighted by Gasteiger charge is 2.23. The van der Waals surface area contributed by atoms with E-state index in [1.54, 1.807) is 18.2 Å². The molecule has 2 N–H and O–H groups in total. The van der Waals surface area contributed by atoms with E-state index in [1.807, 2.05) is 36.4 Å². The highest BCUT2D eigenvalue weighted by atomic mass is 35.5. The Bertz CT molecular complexity index is 1280. The molecule has 1 aromatic heterocycles. The van der Waals surface area contributed by atoms with Gasteiger partial charge in [0.2, 0.25) is 11.0 Å². The number of anilines is 1. The van der Waals surface area contributed by atoms with Crippen LogP contribution in [0.5, 0.6) is 0 Å². The van der Waals surface area contributed by atoms with Gasteiger partial charge in [-0.15, -0.1) is 10.2 Å². The third-order valence-electron chi connectivity index (χ3n) is 4.72. The zero-order valence-electron chi connectivity index (χ0n) is 17.2. The largest absolute Gasteiger partial charge is 0.340 e. The van der Waals surface area contributed by atoms with E-state index in [4.69, 9.17) is 11.6 Å². The molecule has 1 heterocycles. The second kappa shape index (κ2) is 10.3. The molecule has 0 saturated carbocycles. The molecule has 9 heteroatoms. The van der Waals surface area contributed by atoms with Crippen LogP contribution in [0.15, 0.2) is 78.9 Å². The molecular formula is C24H18ClFN4O2S. The molecule has 166 valence electrons. The summed E-state index contributed by atoms with van der Waals surface area (Å²) in [6, 6.07) is 20.8. The van der Waals surface area contributed by atoms with Crippen LogP contribution in [0.4, 0.5) is 9.52 Å². The fraction of sp³-hybridized carbons (Fsp3) is 0.0833. The standard InChI is InChI=1S/C24H18ClFN4O2S/c25-18-10-4-9-17(13-18)23-29-30-24(33-23)28-22(32)20(12-15-6-2-1-3-7-15)27-21(31)16-8-5-11-19(26)14-16/h1-11,13-14,20H,12H2,(H,27,31)(H,28,30,32). The van der Waals surface area contributed by atoms with Crippen molar-refractivity contribution in [3.05, 3.63) is 101 Å². The Kier molecular flexibility index (Phi) is 7.07. The molecule has 4 rings (SSSR count). The smallest absolute Gasteiger partial charge is 0.252 e. The molecule has 33 heavy (non-hydrogen) atoms. The Morgan fingerprint density at radius 1 is 0.970 bits per heavy atom. The van der Waals surface area contributed by atoms with Gasteiger partial charge < -0.3 is 5.32 Å². The van der Waals surface area contributed by atoms with E-state index in [9.17, 15) is 14.0 Å². The van der Waals surface area contributed by atoms with E-state index in [0.29, 0.717) is 10.0 Å². The van der Waals surface area contributed by atoms with E-state index in [0.717, 1.165) is 17.2 Å². The van der Waals surface area contributed by atoms with E-state index < -0.39 is 23.7 Å². The SMILES string of the molecule is O=C(NC(Cc1ccccc1)C(=O)Nc1nnc(-c2cccc(Cl)c2)s1)c1cccc(F)c1. The first-order valence-corrected chi connectivity index (χ1v) is 11.2. The summed E-state index contributed by atoms with van der Waals surface area (Å²) in [4.78, 5) is 25.7. The first kappa shape index (κ1) is 22.6. The van der Waals surface area contributed by atoms with Gasteiger partial charge in [-0.1, -0.05) is 71.5 Å². The molecular weight excluding hydrogens is 463 g/mol. The van der Waals surface area contributed by atoms with Gasteiger partial charge in [-0.05, 0) is 35.9 Å². The number of hydrogen-bond donors (Lipinski definition) is 2. The van der Waals surface area contributed by atoms with Crippen LogP contribution >= 0.6 is 22.9 Å². The maximum Gasteiger partial charge on any atom is 0.252 e. The zero-order chi connectivity index (χ0) is 23.2. The van der Waals surface area contributed by atoms with Crippen LogP contribution in [0.1, 0.15) is 15.9 Å². The van der Waals surface area contributed by atoms with Crippen LogP contribution < -0.4 is 10.6 Å². The number of benzene rings is 3. The highest BCUT2D eigenvalue weighted by Crippen LogP contribution is 2.28. The minimum Gasteiger partial charge on any atom is -0.340 e. The minimum atomic E-state index is -0.915. The van der Waals surface area contributed by atoms with Gasteiger partial charge in [-0.25, -0.2) is 4.39 Å². The highest BCUT2D eigenvalue weighted by molar-refractivity contribution is 7.18. The van der Waals surface area contributed by atoms with Crippen LogP contribution in [-0.4, -0.2) is 28.1 Å². The lowest BCUT2D eigenvalue weighted by molar-refractivity contribution is -0.118. The molecule has 0 bridgehead atoms. The molecule has 0 saturated heterocycles. The second-order valence-corrected chi connectivity index (χ2v) is 8.55. The summed E-state index contributed by atoms with van der Waals surface area (Å²) < 4.78 is 13.5. The zero-order valence-corrected chi connectivity index (χ0v) is 18.7. The summed E-state index contributed by atoms with van der Waals surface area (Å²) in [7, 11) is 0. The average molecular weight is 481 g/mol. The third kappa shape index (κ3) is 6.00. The lowest BCUT2D eigenvalue weighted by atomic mass is 10.0. The van der Waals surface area contributed by atoms with Crippen molar-refractivity contribution in [3.63, 3.8) is 0 Å². The van der Waals surface area contributed by atoms with Crippen molar-refractivity contribution in [2.45, 2.75) is 12.5 Å². The van der Waals surface area contributed by atoms with Crippen molar-refractivity contribution in [1.82, 2.24) is 15.5 Å². The molecule has 4 aromatic rings. The van der Waals surface area contributed by atoms with Gasteiger partial charge in [-0.3, -0.25) is 14.9 Å². The minimum absolute atomic E-state index is 0.125. The van der Waals surface area contributed by atoms with Crippen molar-refractivity contribution in [2.75, 3.05) is 5.32 Å². The summed E-state index contributed by atoms with van der Waals surface area (Å²) >= 11 is 7.23. The molecule has 2 amide bonds. The molecule has 0 spiro atoms. The third-order valence-corrected chi connectivity index (χ3v) is 5.84. The van der Waals surface area contributed by atoms with Gasteiger partial charge in [0.1, 0.15) is 16.9 Å². The number of aromatic nitrogens is 2. The first-order chi connectivity index (χ1) is 16.0. The number of hydrogen-bond acceptors (Lipinski definition) is 5. The Morgan fingerprint density at radius 2 is 1.76 bits per heavy atom. The molecule has 6 nitrogen and oxygen atoms in total. The first-order valence-electron chi connectivity index (χ1n) is 9.98. The Morgan fingerprint density at radius 3 is 2.52 bits per heavy atom. The number of amides is 2. The van der Waals surface area contributed by atoms with Gasteiger partial charge in [0.05, 0.1) is 0 Å². The summed E-state index contributed by atoms with van der Waals surface area (Å²) in [5, 5.41) is 15.0. The fourth-order valence-electron chi connectivity index (χ4n) is 3.13. The van der Waals surface area contributed by atoms with Crippen LogP contribution in [0.2, 0.25) is 5.02 Å². The van der Waals surface area contributed by atoms with Crippen molar-refractivity contribution in [1.29, 1.82) is 0 Å². The van der Waals surface area contributed by atoms with Gasteiger partial charge >= 0.3 is 0 Å². The summed E-state index contributed by atoms with van der Waals surface area (Å²) in [6.07, 6.45) is 0.244. The molecule has 1 unspecified atom stereocenters. The molecule has 0 aliphatic heterocycles. The predicted molar refractivity (Wildman–Crippen MR) is 127 cm³/mol. The quantitative estimate of drug-likeness (QED) is 0.391. The Hall–Kier alpha value is -3.62. The number of rotatable bonds is 7.